The first-order chi connectivity index (χ1) is 9.08. The largest absolute Gasteiger partial charge is 0.450 e. The second-order valence-corrected chi connectivity index (χ2v) is 3.67. The Bertz CT molecular complexity index is 422. The number of ether oxygens (including phenoxy) is 2. The predicted octanol–water partition coefficient (Wildman–Crippen LogP) is 3.13. The van der Waals surface area contributed by atoms with E-state index in [4.69, 9.17) is 9.47 Å². The van der Waals surface area contributed by atoms with E-state index in [0.29, 0.717) is 24.6 Å². The number of carbonyl (C=O) groups excluding carboxylic acids is 2. The van der Waals surface area contributed by atoms with E-state index >= 15 is 0 Å². The number of rotatable bonds is 4. The molecule has 0 aliphatic heterocycles. The number of nitrogens with one attached hydrogen (secondary N) is 2. The van der Waals surface area contributed by atoms with Crippen LogP contribution in [0, 0.1) is 6.92 Å². The van der Waals surface area contributed by atoms with Crippen molar-refractivity contribution in [1.29, 1.82) is 0 Å². The van der Waals surface area contributed by atoms with Crippen LogP contribution in [0.5, 0.6) is 0 Å². The molecule has 0 saturated heterocycles. The summed E-state index contributed by atoms with van der Waals surface area (Å²) < 4.78 is 9.60. The van der Waals surface area contributed by atoms with Gasteiger partial charge in [-0.3, -0.25) is 10.6 Å². The molecule has 0 radical (unpaired) electrons. The van der Waals surface area contributed by atoms with Crippen molar-refractivity contribution < 1.29 is 19.1 Å². The van der Waals surface area contributed by atoms with Crippen molar-refractivity contribution in [2.45, 2.75) is 20.8 Å². The first-order valence-electron chi connectivity index (χ1n) is 6.05. The van der Waals surface area contributed by atoms with Gasteiger partial charge in [-0.2, -0.15) is 0 Å². The van der Waals surface area contributed by atoms with E-state index in [-0.39, 0.29) is 0 Å². The molecule has 6 heteroatoms. The highest BCUT2D eigenvalue weighted by Crippen LogP contribution is 2.23. The first-order valence-corrected chi connectivity index (χ1v) is 6.05. The van der Waals surface area contributed by atoms with Crippen LogP contribution in [0.25, 0.3) is 0 Å². The lowest BCUT2D eigenvalue weighted by atomic mass is 10.1. The number of hydrogen-bond acceptors (Lipinski definition) is 4. The monoisotopic (exact) mass is 266 g/mol. The van der Waals surface area contributed by atoms with Crippen molar-refractivity contribution >= 4 is 23.6 Å². The molecule has 1 aromatic carbocycles. The lowest BCUT2D eigenvalue weighted by Gasteiger charge is -2.13. The van der Waals surface area contributed by atoms with Crippen LogP contribution in [-0.2, 0) is 9.47 Å². The molecule has 1 aromatic rings. The summed E-state index contributed by atoms with van der Waals surface area (Å²) in [6.45, 7) is 5.83. The summed E-state index contributed by atoms with van der Waals surface area (Å²) >= 11 is 0. The summed E-state index contributed by atoms with van der Waals surface area (Å²) in [6, 6.07) is 5.17. The van der Waals surface area contributed by atoms with Crippen molar-refractivity contribution in [3.8, 4) is 0 Å². The van der Waals surface area contributed by atoms with Gasteiger partial charge in [-0.25, -0.2) is 9.59 Å². The normalized spacial score (nSPS) is 9.63. The van der Waals surface area contributed by atoms with Crippen LogP contribution in [0.15, 0.2) is 18.2 Å². The van der Waals surface area contributed by atoms with Crippen LogP contribution in [-0.4, -0.2) is 25.4 Å². The molecule has 0 atom stereocenters. The van der Waals surface area contributed by atoms with Crippen molar-refractivity contribution in [3.63, 3.8) is 0 Å². The van der Waals surface area contributed by atoms with Gasteiger partial charge in [0, 0.05) is 11.4 Å². The van der Waals surface area contributed by atoms with E-state index in [1.807, 2.05) is 0 Å². The van der Waals surface area contributed by atoms with Crippen LogP contribution in [0.1, 0.15) is 19.4 Å². The molecule has 6 nitrogen and oxygen atoms in total. The molecule has 2 N–H and O–H groups in total. The van der Waals surface area contributed by atoms with Gasteiger partial charge < -0.3 is 9.47 Å². The van der Waals surface area contributed by atoms with Crippen LogP contribution < -0.4 is 10.6 Å². The van der Waals surface area contributed by atoms with Crippen molar-refractivity contribution in [2.75, 3.05) is 23.8 Å². The SMILES string of the molecule is CCOC(=O)Nc1cccc(NC(=O)OCC)c1C. The Labute approximate surface area is 112 Å². The lowest BCUT2D eigenvalue weighted by molar-refractivity contribution is 0.167. The summed E-state index contributed by atoms with van der Waals surface area (Å²) in [6.07, 6.45) is -1.06. The first kappa shape index (κ1) is 14.8. The third-order valence-corrected chi connectivity index (χ3v) is 2.36. The highest BCUT2D eigenvalue weighted by molar-refractivity contribution is 5.90. The highest BCUT2D eigenvalue weighted by Gasteiger charge is 2.10. The van der Waals surface area contributed by atoms with Gasteiger partial charge >= 0.3 is 12.2 Å². The Morgan fingerprint density at radius 3 is 1.79 bits per heavy atom. The summed E-state index contributed by atoms with van der Waals surface area (Å²) in [5.74, 6) is 0. The van der Waals surface area contributed by atoms with Gasteiger partial charge in [0.2, 0.25) is 0 Å². The third kappa shape index (κ3) is 4.50. The van der Waals surface area contributed by atoms with Gasteiger partial charge in [0.25, 0.3) is 0 Å². The molecule has 19 heavy (non-hydrogen) atoms. The van der Waals surface area contributed by atoms with Gasteiger partial charge in [0.05, 0.1) is 13.2 Å². The zero-order valence-electron chi connectivity index (χ0n) is 11.3. The summed E-state index contributed by atoms with van der Waals surface area (Å²) in [7, 11) is 0. The Hall–Kier alpha value is -2.24. The summed E-state index contributed by atoms with van der Waals surface area (Å²) in [5.41, 5.74) is 1.88. The van der Waals surface area contributed by atoms with Gasteiger partial charge in [-0.1, -0.05) is 6.07 Å². The summed E-state index contributed by atoms with van der Waals surface area (Å²) in [4.78, 5) is 22.7. The maximum Gasteiger partial charge on any atom is 0.411 e. The molecule has 0 aromatic heterocycles. The van der Waals surface area contributed by atoms with E-state index in [2.05, 4.69) is 10.6 Å². The van der Waals surface area contributed by atoms with Crippen LogP contribution in [0.4, 0.5) is 21.0 Å². The lowest BCUT2D eigenvalue weighted by Crippen LogP contribution is -2.16. The highest BCUT2D eigenvalue weighted by atomic mass is 16.6. The molecule has 1 rings (SSSR count). The molecule has 0 aliphatic rings. The van der Waals surface area contributed by atoms with Gasteiger partial charge in [0.1, 0.15) is 0 Å². The minimum absolute atomic E-state index is 0.297. The molecule has 0 fully saturated rings. The zero-order chi connectivity index (χ0) is 14.3. The molecule has 0 bridgehead atoms. The van der Waals surface area contributed by atoms with Gasteiger partial charge in [-0.15, -0.1) is 0 Å². The number of anilines is 2. The average molecular weight is 266 g/mol. The fourth-order valence-electron chi connectivity index (χ4n) is 1.46. The second-order valence-electron chi connectivity index (χ2n) is 3.67. The second kappa shape index (κ2) is 7.25. The standard InChI is InChI=1S/C13H18N2O4/c1-4-18-12(16)14-10-7-6-8-11(9(10)3)15-13(17)19-5-2/h6-8H,4-5H2,1-3H3,(H,14,16)(H,15,17). The maximum atomic E-state index is 11.4. The number of amides is 2. The van der Waals surface area contributed by atoms with Crippen LogP contribution >= 0.6 is 0 Å². The summed E-state index contributed by atoms with van der Waals surface area (Å²) in [5, 5.41) is 5.21. The predicted molar refractivity (Wildman–Crippen MR) is 72.5 cm³/mol. The maximum absolute atomic E-state index is 11.4. The molecule has 0 spiro atoms. The number of benzene rings is 1. The Balaban J connectivity index is 2.80. The van der Waals surface area contributed by atoms with Gasteiger partial charge in [0.15, 0.2) is 0 Å². The smallest absolute Gasteiger partial charge is 0.411 e. The zero-order valence-corrected chi connectivity index (χ0v) is 11.3. The van der Waals surface area contributed by atoms with E-state index in [0.717, 1.165) is 5.56 Å². The van der Waals surface area contributed by atoms with Gasteiger partial charge in [-0.05, 0) is 38.5 Å². The third-order valence-electron chi connectivity index (χ3n) is 2.36. The molecule has 104 valence electrons. The number of carbonyl (C=O) groups is 2. The molecule has 0 heterocycles. The molecule has 2 amide bonds. The van der Waals surface area contributed by atoms with E-state index < -0.39 is 12.2 Å². The molecule has 0 unspecified atom stereocenters. The van der Waals surface area contributed by atoms with E-state index in [9.17, 15) is 9.59 Å². The van der Waals surface area contributed by atoms with Crippen LogP contribution in [0.2, 0.25) is 0 Å². The quantitative estimate of drug-likeness (QED) is 0.877. The Morgan fingerprint density at radius 1 is 1.00 bits per heavy atom. The molecular weight excluding hydrogens is 248 g/mol. The average Bonchev–Trinajstić information content (AvgIpc) is 2.35. The van der Waals surface area contributed by atoms with Crippen molar-refractivity contribution in [2.24, 2.45) is 0 Å². The minimum Gasteiger partial charge on any atom is -0.450 e. The number of hydrogen-bond donors (Lipinski definition) is 2. The topological polar surface area (TPSA) is 76.7 Å². The Kier molecular flexibility index (Phi) is 5.66. The van der Waals surface area contributed by atoms with Crippen LogP contribution in [0.3, 0.4) is 0 Å². The van der Waals surface area contributed by atoms with Crippen molar-refractivity contribution in [3.05, 3.63) is 23.8 Å². The molecule has 0 saturated carbocycles. The Morgan fingerprint density at radius 2 is 1.42 bits per heavy atom. The minimum atomic E-state index is -0.529. The fraction of sp³-hybridized carbons (Fsp3) is 0.385. The van der Waals surface area contributed by atoms with E-state index in [1.54, 1.807) is 39.0 Å². The molecule has 0 aliphatic carbocycles. The fourth-order valence-corrected chi connectivity index (χ4v) is 1.46. The molecular formula is C13H18N2O4. The van der Waals surface area contributed by atoms with Crippen molar-refractivity contribution in [1.82, 2.24) is 0 Å². The van der Waals surface area contributed by atoms with E-state index in [1.165, 1.54) is 0 Å².